The molecule has 4 aliphatic carbocycles. The third kappa shape index (κ3) is 1.79. The topological polar surface area (TPSA) is 20.2 Å². The lowest BCUT2D eigenvalue weighted by Gasteiger charge is -2.64. The highest BCUT2D eigenvalue weighted by Gasteiger charge is 2.65. The van der Waals surface area contributed by atoms with Gasteiger partial charge in [-0.2, -0.15) is 0 Å². The summed E-state index contributed by atoms with van der Waals surface area (Å²) in [4.78, 5) is 0. The molecule has 0 amide bonds. The van der Waals surface area contributed by atoms with E-state index in [0.717, 1.165) is 18.3 Å². The van der Waals surface area contributed by atoms with E-state index in [1.807, 2.05) is 0 Å². The normalized spacial score (nSPS) is 58.4. The minimum absolute atomic E-state index is 0.373. The molecule has 21 heavy (non-hydrogen) atoms. The van der Waals surface area contributed by atoms with Crippen LogP contribution in [-0.2, 0) is 0 Å². The molecule has 0 radical (unpaired) electrons. The van der Waals surface area contributed by atoms with Crippen LogP contribution in [0.15, 0.2) is 0 Å². The number of rotatable bonds is 0. The molecular weight excluding hydrogens is 256 g/mol. The molecular formula is C20H34O. The van der Waals surface area contributed by atoms with E-state index in [4.69, 9.17) is 0 Å². The summed E-state index contributed by atoms with van der Waals surface area (Å²) in [6.07, 6.45) is 12.2. The molecule has 4 fully saturated rings. The first-order chi connectivity index (χ1) is 9.70. The molecule has 2 bridgehead atoms. The van der Waals surface area contributed by atoms with Crippen molar-refractivity contribution in [2.45, 2.75) is 91.1 Å². The van der Waals surface area contributed by atoms with E-state index in [1.54, 1.807) is 0 Å². The Morgan fingerprint density at radius 2 is 1.62 bits per heavy atom. The van der Waals surface area contributed by atoms with E-state index in [0.29, 0.717) is 22.2 Å². The fraction of sp³-hybridized carbons (Fsp3) is 1.00. The number of hydrogen-bond donors (Lipinski definition) is 1. The van der Waals surface area contributed by atoms with Crippen LogP contribution in [0.3, 0.4) is 0 Å². The zero-order valence-electron chi connectivity index (χ0n) is 14.5. The summed E-state index contributed by atoms with van der Waals surface area (Å²) in [6.45, 7) is 9.83. The van der Waals surface area contributed by atoms with E-state index >= 15 is 0 Å². The van der Waals surface area contributed by atoms with Crippen molar-refractivity contribution in [2.24, 2.45) is 34.0 Å². The van der Waals surface area contributed by atoms with Gasteiger partial charge in [0, 0.05) is 0 Å². The first-order valence-corrected chi connectivity index (χ1v) is 9.42. The largest absolute Gasteiger partial charge is 0.390 e. The molecule has 4 rings (SSSR count). The molecule has 1 spiro atoms. The van der Waals surface area contributed by atoms with Gasteiger partial charge < -0.3 is 5.11 Å². The zero-order chi connectivity index (χ0) is 15.1. The smallest absolute Gasteiger partial charge is 0.0653 e. The van der Waals surface area contributed by atoms with Crippen molar-refractivity contribution in [1.29, 1.82) is 0 Å². The van der Waals surface area contributed by atoms with Crippen molar-refractivity contribution < 1.29 is 5.11 Å². The highest BCUT2D eigenvalue weighted by molar-refractivity contribution is 5.15. The Hall–Kier alpha value is -0.0400. The van der Waals surface area contributed by atoms with Crippen LogP contribution in [-0.4, -0.2) is 10.7 Å². The van der Waals surface area contributed by atoms with Crippen LogP contribution >= 0.6 is 0 Å². The van der Waals surface area contributed by atoms with Crippen LogP contribution in [0.4, 0.5) is 0 Å². The molecule has 0 aromatic rings. The third-order valence-electron chi connectivity index (χ3n) is 8.79. The van der Waals surface area contributed by atoms with Gasteiger partial charge in [0.15, 0.2) is 0 Å². The second-order valence-electron chi connectivity index (χ2n) is 10.4. The second-order valence-corrected chi connectivity index (χ2v) is 10.4. The molecule has 4 saturated carbocycles. The predicted molar refractivity (Wildman–Crippen MR) is 87.0 cm³/mol. The Morgan fingerprint density at radius 3 is 2.38 bits per heavy atom. The van der Waals surface area contributed by atoms with E-state index in [2.05, 4.69) is 27.7 Å². The predicted octanol–water partition coefficient (Wildman–Crippen LogP) is 5.17. The molecule has 1 heteroatoms. The maximum Gasteiger partial charge on any atom is 0.0653 e. The summed E-state index contributed by atoms with van der Waals surface area (Å²) in [7, 11) is 0. The van der Waals surface area contributed by atoms with Gasteiger partial charge in [-0.05, 0) is 92.3 Å². The van der Waals surface area contributed by atoms with E-state index in [-0.39, 0.29) is 5.60 Å². The molecule has 0 heterocycles. The fourth-order valence-electron chi connectivity index (χ4n) is 8.12. The molecule has 2 unspecified atom stereocenters. The molecule has 1 N–H and O–H groups in total. The number of aliphatic hydroxyl groups is 1. The lowest BCUT2D eigenvalue weighted by Crippen LogP contribution is -2.55. The van der Waals surface area contributed by atoms with Crippen molar-refractivity contribution in [3.63, 3.8) is 0 Å². The van der Waals surface area contributed by atoms with Gasteiger partial charge in [-0.15, -0.1) is 0 Å². The Balaban J connectivity index is 1.73. The molecule has 1 nitrogen and oxygen atoms in total. The zero-order valence-corrected chi connectivity index (χ0v) is 14.5. The first kappa shape index (κ1) is 14.5. The number of fused-ring (bicyclic) bond motifs is 3. The second kappa shape index (κ2) is 4.08. The molecule has 6 atom stereocenters. The number of hydrogen-bond acceptors (Lipinski definition) is 1. The van der Waals surface area contributed by atoms with Crippen LogP contribution in [0.5, 0.6) is 0 Å². The van der Waals surface area contributed by atoms with Gasteiger partial charge in [0.1, 0.15) is 0 Å². The summed E-state index contributed by atoms with van der Waals surface area (Å²) >= 11 is 0. The quantitative estimate of drug-likeness (QED) is 0.652. The molecule has 0 aliphatic heterocycles. The SMILES string of the molecule is CC1(C)CCC[C@]2(C)[C@@H]1CCC13CC(CC[C@H]12)[C@](C)(O)C3. The van der Waals surface area contributed by atoms with Crippen molar-refractivity contribution in [3.05, 3.63) is 0 Å². The minimum Gasteiger partial charge on any atom is -0.390 e. The summed E-state index contributed by atoms with van der Waals surface area (Å²) in [6, 6.07) is 0. The standard InChI is InChI=1S/C20H34O/c1-17(2)9-5-10-18(3)15(17)8-11-20-12-14(6-7-16(18)20)19(4,21)13-20/h14-16,21H,5-13H2,1-4H3/t14?,15-,16+,18-,19-,20?/m1/s1. The van der Waals surface area contributed by atoms with Gasteiger partial charge in [-0.25, -0.2) is 0 Å². The Kier molecular flexibility index (Phi) is 2.82. The average molecular weight is 290 g/mol. The van der Waals surface area contributed by atoms with Crippen LogP contribution in [0.25, 0.3) is 0 Å². The minimum atomic E-state index is -0.373. The van der Waals surface area contributed by atoms with Crippen molar-refractivity contribution in [3.8, 4) is 0 Å². The van der Waals surface area contributed by atoms with Gasteiger partial charge in [-0.1, -0.05) is 27.2 Å². The van der Waals surface area contributed by atoms with E-state index in [9.17, 15) is 5.11 Å². The highest BCUT2D eigenvalue weighted by Crippen LogP contribution is 2.72. The Labute approximate surface area is 130 Å². The average Bonchev–Trinajstić information content (AvgIpc) is 2.53. The molecule has 0 saturated heterocycles. The van der Waals surface area contributed by atoms with Crippen molar-refractivity contribution in [1.82, 2.24) is 0 Å². The van der Waals surface area contributed by atoms with Gasteiger partial charge in [0.05, 0.1) is 5.60 Å². The van der Waals surface area contributed by atoms with Crippen LogP contribution in [0.2, 0.25) is 0 Å². The maximum atomic E-state index is 10.9. The monoisotopic (exact) mass is 290 g/mol. The Bertz CT molecular complexity index is 451. The molecule has 0 aromatic carbocycles. The third-order valence-corrected chi connectivity index (χ3v) is 8.79. The van der Waals surface area contributed by atoms with Crippen LogP contribution in [0.1, 0.15) is 85.5 Å². The lowest BCUT2D eigenvalue weighted by atomic mass is 9.41. The Morgan fingerprint density at radius 1 is 0.857 bits per heavy atom. The van der Waals surface area contributed by atoms with Gasteiger partial charge in [0.25, 0.3) is 0 Å². The molecule has 4 aliphatic rings. The summed E-state index contributed by atoms with van der Waals surface area (Å²) in [5, 5.41) is 10.9. The van der Waals surface area contributed by atoms with E-state index < -0.39 is 0 Å². The molecule has 0 aromatic heterocycles. The van der Waals surface area contributed by atoms with Gasteiger partial charge >= 0.3 is 0 Å². The lowest BCUT2D eigenvalue weighted by molar-refractivity contribution is -0.145. The summed E-state index contributed by atoms with van der Waals surface area (Å²) in [5.41, 5.74) is 1.20. The summed E-state index contributed by atoms with van der Waals surface area (Å²) in [5.74, 6) is 2.38. The highest BCUT2D eigenvalue weighted by atomic mass is 16.3. The van der Waals surface area contributed by atoms with Crippen molar-refractivity contribution >= 4 is 0 Å². The van der Waals surface area contributed by atoms with Gasteiger partial charge in [0.2, 0.25) is 0 Å². The van der Waals surface area contributed by atoms with Gasteiger partial charge in [-0.3, -0.25) is 0 Å². The molecule has 120 valence electrons. The first-order valence-electron chi connectivity index (χ1n) is 9.42. The maximum absolute atomic E-state index is 10.9. The van der Waals surface area contributed by atoms with Crippen molar-refractivity contribution in [2.75, 3.05) is 0 Å². The van der Waals surface area contributed by atoms with E-state index in [1.165, 1.54) is 51.4 Å². The van der Waals surface area contributed by atoms with Crippen LogP contribution in [0, 0.1) is 34.0 Å². The fourth-order valence-corrected chi connectivity index (χ4v) is 8.12. The van der Waals surface area contributed by atoms with Crippen LogP contribution < -0.4 is 0 Å². The summed E-state index contributed by atoms with van der Waals surface area (Å²) < 4.78 is 0.